The van der Waals surface area contributed by atoms with E-state index in [1.807, 2.05) is 42.3 Å². The van der Waals surface area contributed by atoms with E-state index >= 15 is 0 Å². The highest BCUT2D eigenvalue weighted by Crippen LogP contribution is 2.09. The lowest BCUT2D eigenvalue weighted by atomic mass is 10.3. The number of quaternary nitrogens is 2. The number of nitrogens with zero attached hydrogens (tertiary/aromatic N) is 2. The zero-order valence-electron chi connectivity index (χ0n) is 15.3. The standard InChI is InChI=1S/C14H29N2O7S/c1-15(2,3)7-9-22-13(17)11-12(24(19,20)21)14(18)23-10-8-16(4,5)6/h12H,7-11H2,1-6H3/q+1/p+1. The van der Waals surface area contributed by atoms with Gasteiger partial charge in [-0.1, -0.05) is 0 Å². The van der Waals surface area contributed by atoms with Crippen LogP contribution in [0.4, 0.5) is 0 Å². The first-order valence-electron chi connectivity index (χ1n) is 7.51. The number of hydrogen-bond donors (Lipinski definition) is 1. The van der Waals surface area contributed by atoms with E-state index in [1.165, 1.54) is 0 Å². The summed E-state index contributed by atoms with van der Waals surface area (Å²) in [4.78, 5) is 23.6. The van der Waals surface area contributed by atoms with E-state index < -0.39 is 33.7 Å². The second-order valence-corrected chi connectivity index (χ2v) is 9.22. The number of carbonyl (C=O) groups is 2. The second kappa shape index (κ2) is 8.75. The second-order valence-electron chi connectivity index (χ2n) is 7.62. The maximum absolute atomic E-state index is 11.9. The van der Waals surface area contributed by atoms with Crippen LogP contribution >= 0.6 is 0 Å². The summed E-state index contributed by atoms with van der Waals surface area (Å²) >= 11 is 0. The van der Waals surface area contributed by atoms with E-state index in [9.17, 15) is 18.0 Å². The molecule has 0 heterocycles. The molecule has 0 spiro atoms. The fourth-order valence-electron chi connectivity index (χ4n) is 1.47. The van der Waals surface area contributed by atoms with E-state index in [4.69, 9.17) is 14.0 Å². The van der Waals surface area contributed by atoms with Gasteiger partial charge in [-0.3, -0.25) is 14.1 Å². The smallest absolute Gasteiger partial charge is 0.327 e. The van der Waals surface area contributed by atoms with E-state index in [0.29, 0.717) is 22.1 Å². The Bertz CT molecular complexity index is 532. The molecule has 24 heavy (non-hydrogen) atoms. The Morgan fingerprint density at radius 1 is 0.917 bits per heavy atom. The van der Waals surface area contributed by atoms with Crippen LogP contribution in [0.3, 0.4) is 0 Å². The average molecular weight is 370 g/mol. The number of ether oxygens (including phenoxy) is 2. The highest BCUT2D eigenvalue weighted by Gasteiger charge is 2.36. The van der Waals surface area contributed by atoms with Gasteiger partial charge in [0.1, 0.15) is 26.3 Å². The molecule has 9 nitrogen and oxygen atoms in total. The van der Waals surface area contributed by atoms with Gasteiger partial charge in [-0.25, -0.2) is 0 Å². The van der Waals surface area contributed by atoms with Crippen LogP contribution in [0.2, 0.25) is 0 Å². The van der Waals surface area contributed by atoms with Gasteiger partial charge in [0.05, 0.1) is 48.7 Å². The molecule has 0 amide bonds. The maximum atomic E-state index is 11.9. The highest BCUT2D eigenvalue weighted by molar-refractivity contribution is 7.87. The van der Waals surface area contributed by atoms with Crippen LogP contribution in [0.15, 0.2) is 0 Å². The third-order valence-corrected chi connectivity index (χ3v) is 4.08. The Kier molecular flexibility index (Phi) is 8.30. The zero-order valence-corrected chi connectivity index (χ0v) is 16.1. The Labute approximate surface area is 144 Å². The van der Waals surface area contributed by atoms with Crippen LogP contribution in [0.5, 0.6) is 0 Å². The van der Waals surface area contributed by atoms with Crippen LogP contribution in [-0.4, -0.2) is 108 Å². The maximum Gasteiger partial charge on any atom is 0.327 e. The molecule has 1 atom stereocenters. The molecular formula is C14H30N2O7S+2. The molecule has 0 aromatic rings. The van der Waals surface area contributed by atoms with Gasteiger partial charge in [0.15, 0.2) is 5.25 Å². The summed E-state index contributed by atoms with van der Waals surface area (Å²) in [5.74, 6) is -2.04. The minimum absolute atomic E-state index is 0.0229. The molecule has 0 radical (unpaired) electrons. The molecule has 1 unspecified atom stereocenters. The molecule has 0 aromatic carbocycles. The lowest BCUT2D eigenvalue weighted by Gasteiger charge is -2.24. The van der Waals surface area contributed by atoms with Gasteiger partial charge in [-0.05, 0) is 0 Å². The summed E-state index contributed by atoms with van der Waals surface area (Å²) in [6.45, 7) is 1.04. The number of esters is 2. The van der Waals surface area contributed by atoms with Crippen molar-refractivity contribution in [2.24, 2.45) is 0 Å². The molecule has 0 aliphatic carbocycles. The Hall–Kier alpha value is -1.23. The lowest BCUT2D eigenvalue weighted by molar-refractivity contribution is -0.870. The van der Waals surface area contributed by atoms with E-state index in [2.05, 4.69) is 0 Å². The van der Waals surface area contributed by atoms with Gasteiger partial charge in [0, 0.05) is 0 Å². The summed E-state index contributed by atoms with van der Waals surface area (Å²) in [5.41, 5.74) is 0. The third kappa shape index (κ3) is 11.3. The monoisotopic (exact) mass is 370 g/mol. The number of carbonyl (C=O) groups excluding carboxylic acids is 2. The van der Waals surface area contributed by atoms with Gasteiger partial charge in [0.25, 0.3) is 10.1 Å². The fourth-order valence-corrected chi connectivity index (χ4v) is 2.12. The van der Waals surface area contributed by atoms with Crippen molar-refractivity contribution in [3.63, 3.8) is 0 Å². The molecule has 10 heteroatoms. The zero-order chi connectivity index (χ0) is 19.2. The normalized spacial score (nSPS) is 14.1. The Morgan fingerprint density at radius 2 is 1.33 bits per heavy atom. The Balaban J connectivity index is 4.63. The first-order chi connectivity index (χ1) is 10.6. The molecular weight excluding hydrogens is 340 g/mol. The minimum atomic E-state index is -4.76. The molecule has 0 rings (SSSR count). The topological polar surface area (TPSA) is 107 Å². The summed E-state index contributed by atoms with van der Waals surface area (Å²) < 4.78 is 42.7. The van der Waals surface area contributed by atoms with Crippen LogP contribution in [-0.2, 0) is 29.2 Å². The summed E-state index contributed by atoms with van der Waals surface area (Å²) in [6.07, 6.45) is -0.779. The molecule has 0 fully saturated rings. The first kappa shape index (κ1) is 22.8. The number of rotatable bonds is 10. The van der Waals surface area contributed by atoms with Crippen molar-refractivity contribution in [3.05, 3.63) is 0 Å². The molecule has 0 saturated carbocycles. The lowest BCUT2D eigenvalue weighted by Crippen LogP contribution is -2.40. The van der Waals surface area contributed by atoms with Crippen LogP contribution < -0.4 is 0 Å². The molecule has 1 N–H and O–H groups in total. The molecule has 0 saturated heterocycles. The van der Waals surface area contributed by atoms with Crippen LogP contribution in [0.25, 0.3) is 0 Å². The number of likely N-dealkylation sites (N-methyl/N-ethyl adjacent to an activating group) is 2. The van der Waals surface area contributed by atoms with Crippen molar-refractivity contribution in [1.82, 2.24) is 0 Å². The van der Waals surface area contributed by atoms with Gasteiger partial charge in [0.2, 0.25) is 0 Å². The average Bonchev–Trinajstić information content (AvgIpc) is 2.31. The molecule has 0 aromatic heterocycles. The van der Waals surface area contributed by atoms with Crippen molar-refractivity contribution in [3.8, 4) is 0 Å². The summed E-state index contributed by atoms with van der Waals surface area (Å²) in [6, 6.07) is 0. The van der Waals surface area contributed by atoms with E-state index in [1.54, 1.807) is 0 Å². The Morgan fingerprint density at radius 3 is 1.71 bits per heavy atom. The van der Waals surface area contributed by atoms with Crippen molar-refractivity contribution in [2.75, 3.05) is 68.6 Å². The van der Waals surface area contributed by atoms with Crippen LogP contribution in [0.1, 0.15) is 6.42 Å². The van der Waals surface area contributed by atoms with Crippen LogP contribution in [0, 0.1) is 0 Å². The number of hydrogen-bond acceptors (Lipinski definition) is 6. The first-order valence-corrected chi connectivity index (χ1v) is 9.01. The van der Waals surface area contributed by atoms with Gasteiger partial charge < -0.3 is 18.4 Å². The van der Waals surface area contributed by atoms with Crippen molar-refractivity contribution in [2.45, 2.75) is 11.7 Å². The van der Waals surface area contributed by atoms with Crippen molar-refractivity contribution in [1.29, 1.82) is 0 Å². The largest absolute Gasteiger partial charge is 0.460 e. The van der Waals surface area contributed by atoms with Gasteiger partial charge in [-0.15, -0.1) is 0 Å². The predicted octanol–water partition coefficient (Wildman–Crippen LogP) is -0.868. The molecule has 0 aliphatic rings. The third-order valence-electron chi connectivity index (χ3n) is 3.01. The molecule has 0 aliphatic heterocycles. The van der Waals surface area contributed by atoms with Gasteiger partial charge in [-0.2, -0.15) is 8.42 Å². The summed E-state index contributed by atoms with van der Waals surface area (Å²) in [5, 5.41) is -1.97. The minimum Gasteiger partial charge on any atom is -0.460 e. The van der Waals surface area contributed by atoms with Gasteiger partial charge >= 0.3 is 11.9 Å². The van der Waals surface area contributed by atoms with Crippen molar-refractivity contribution >= 4 is 22.1 Å². The quantitative estimate of drug-likeness (QED) is 0.303. The van der Waals surface area contributed by atoms with E-state index in [0.717, 1.165) is 0 Å². The SMILES string of the molecule is C[N+](C)(C)CCOC(=O)CC(C(=O)OCC[N+](C)(C)C)S(=O)(=O)O. The summed E-state index contributed by atoms with van der Waals surface area (Å²) in [7, 11) is 6.57. The highest BCUT2D eigenvalue weighted by atomic mass is 32.2. The fraction of sp³-hybridized carbons (Fsp3) is 0.857. The van der Waals surface area contributed by atoms with Crippen molar-refractivity contribution < 1.29 is 41.0 Å². The molecule has 142 valence electrons. The molecule has 0 bridgehead atoms. The van der Waals surface area contributed by atoms with E-state index in [-0.39, 0.29) is 13.2 Å². The predicted molar refractivity (Wildman–Crippen MR) is 87.7 cm³/mol.